The molecule has 0 aromatic carbocycles. The van der Waals surface area contributed by atoms with Crippen LogP contribution in [0.4, 0.5) is 0 Å². The second kappa shape index (κ2) is 6.95. The standard InChI is InChI=1S/C11H18.C2H6.CH3I.HI/c1-9(2)10(3)5-7-11(9,4)8-6-10;2*1-2;/h5,7H,6,8H2,1-4H3;1-2H3;1H3;1H. The van der Waals surface area contributed by atoms with Crippen molar-refractivity contribution in [2.24, 2.45) is 16.2 Å². The number of allylic oxidation sites excluding steroid dienone is 2. The van der Waals surface area contributed by atoms with Crippen molar-refractivity contribution in [2.75, 3.05) is 4.93 Å². The van der Waals surface area contributed by atoms with Gasteiger partial charge in [0.05, 0.1) is 0 Å². The Balaban J connectivity index is 0. The molecule has 0 amide bonds. The summed E-state index contributed by atoms with van der Waals surface area (Å²) >= 11 is 2.15. The van der Waals surface area contributed by atoms with Crippen LogP contribution in [0.3, 0.4) is 0 Å². The highest BCUT2D eigenvalue weighted by Gasteiger charge is 2.59. The van der Waals surface area contributed by atoms with Gasteiger partial charge in [-0.3, -0.25) is 0 Å². The summed E-state index contributed by atoms with van der Waals surface area (Å²) in [5.74, 6) is 0. The first kappa shape index (κ1) is 19.5. The van der Waals surface area contributed by atoms with Crippen molar-refractivity contribution in [3.8, 4) is 0 Å². The van der Waals surface area contributed by atoms with Gasteiger partial charge in [0.2, 0.25) is 0 Å². The lowest BCUT2D eigenvalue weighted by Gasteiger charge is -2.39. The lowest BCUT2D eigenvalue weighted by Crippen LogP contribution is -2.32. The van der Waals surface area contributed by atoms with Crippen molar-refractivity contribution >= 4 is 46.6 Å². The van der Waals surface area contributed by atoms with E-state index in [1.165, 1.54) is 12.8 Å². The molecule has 0 heterocycles. The third kappa shape index (κ3) is 2.78. The van der Waals surface area contributed by atoms with Gasteiger partial charge in [-0.05, 0) is 34.0 Å². The van der Waals surface area contributed by atoms with E-state index < -0.39 is 0 Å². The zero-order valence-corrected chi connectivity index (χ0v) is 16.3. The second-order valence-corrected chi connectivity index (χ2v) is 5.29. The van der Waals surface area contributed by atoms with Gasteiger partial charge >= 0.3 is 0 Å². The number of rotatable bonds is 0. The number of fused-ring (bicyclic) bond motifs is 2. The van der Waals surface area contributed by atoms with Crippen LogP contribution in [0.25, 0.3) is 0 Å². The van der Waals surface area contributed by atoms with Crippen LogP contribution in [0.2, 0.25) is 0 Å². The minimum absolute atomic E-state index is 0. The molecule has 0 nitrogen and oxygen atoms in total. The molecular formula is C14H28I2. The van der Waals surface area contributed by atoms with Gasteiger partial charge in [-0.25, -0.2) is 0 Å². The highest BCUT2D eigenvalue weighted by Crippen LogP contribution is 2.68. The fourth-order valence-corrected chi connectivity index (χ4v) is 2.75. The summed E-state index contributed by atoms with van der Waals surface area (Å²) in [4.78, 5) is 1.97. The first-order valence-electron chi connectivity index (χ1n) is 6.00. The smallest absolute Gasteiger partial charge is 0.00867 e. The lowest BCUT2D eigenvalue weighted by atomic mass is 9.65. The lowest BCUT2D eigenvalue weighted by molar-refractivity contribution is 0.120. The van der Waals surface area contributed by atoms with Crippen LogP contribution >= 0.6 is 46.6 Å². The van der Waals surface area contributed by atoms with Crippen molar-refractivity contribution in [3.05, 3.63) is 12.2 Å². The third-order valence-corrected chi connectivity index (χ3v) is 4.84. The average Bonchev–Trinajstić information content (AvgIpc) is 2.54. The molecule has 0 spiro atoms. The maximum absolute atomic E-state index is 2.44. The Morgan fingerprint density at radius 1 is 0.812 bits per heavy atom. The van der Waals surface area contributed by atoms with Crippen LogP contribution < -0.4 is 0 Å². The predicted octanol–water partition coefficient (Wildman–Crippen LogP) is 6.08. The second-order valence-electron chi connectivity index (χ2n) is 5.29. The van der Waals surface area contributed by atoms with E-state index in [1.54, 1.807) is 0 Å². The SMILES string of the molecule is CC.CC12C=CC(C)(CC1)C2(C)C.CI.I. The van der Waals surface area contributed by atoms with E-state index in [9.17, 15) is 0 Å². The Labute approximate surface area is 133 Å². The first-order chi connectivity index (χ1) is 6.91. The van der Waals surface area contributed by atoms with Gasteiger partial charge < -0.3 is 0 Å². The van der Waals surface area contributed by atoms with E-state index in [2.05, 4.69) is 62.4 Å². The molecule has 1 fully saturated rings. The first-order valence-corrected chi connectivity index (χ1v) is 8.15. The molecule has 2 unspecified atom stereocenters. The molecular weight excluding hydrogens is 422 g/mol. The molecule has 2 atom stereocenters. The number of hydrogen-bond donors (Lipinski definition) is 0. The van der Waals surface area contributed by atoms with Gasteiger partial charge in [0, 0.05) is 0 Å². The van der Waals surface area contributed by atoms with Crippen LogP contribution in [0.1, 0.15) is 54.4 Å². The number of halogens is 2. The molecule has 0 N–H and O–H groups in total. The summed E-state index contributed by atoms with van der Waals surface area (Å²) in [5.41, 5.74) is 1.46. The van der Waals surface area contributed by atoms with E-state index in [0.717, 1.165) is 0 Å². The molecule has 16 heavy (non-hydrogen) atoms. The van der Waals surface area contributed by atoms with Crippen LogP contribution in [0.15, 0.2) is 12.2 Å². The van der Waals surface area contributed by atoms with Gasteiger partial charge in [0.15, 0.2) is 0 Å². The molecule has 0 radical (unpaired) electrons. The Kier molecular flexibility index (Phi) is 8.49. The molecule has 1 saturated carbocycles. The van der Waals surface area contributed by atoms with Gasteiger partial charge in [0.1, 0.15) is 0 Å². The number of hydrogen-bond acceptors (Lipinski definition) is 0. The summed E-state index contributed by atoms with van der Waals surface area (Å²) in [5, 5.41) is 0. The van der Waals surface area contributed by atoms with Crippen molar-refractivity contribution in [3.63, 3.8) is 0 Å². The molecule has 2 rings (SSSR count). The average molecular weight is 450 g/mol. The van der Waals surface area contributed by atoms with E-state index >= 15 is 0 Å². The molecule has 0 saturated heterocycles. The molecule has 98 valence electrons. The van der Waals surface area contributed by atoms with Crippen molar-refractivity contribution < 1.29 is 0 Å². The highest BCUT2D eigenvalue weighted by molar-refractivity contribution is 14.1. The Morgan fingerprint density at radius 2 is 1.06 bits per heavy atom. The highest BCUT2D eigenvalue weighted by atomic mass is 127. The Morgan fingerprint density at radius 3 is 1.12 bits per heavy atom. The predicted molar refractivity (Wildman–Crippen MR) is 95.1 cm³/mol. The zero-order valence-electron chi connectivity index (χ0n) is 11.9. The van der Waals surface area contributed by atoms with E-state index in [4.69, 9.17) is 0 Å². The summed E-state index contributed by atoms with van der Waals surface area (Å²) < 4.78 is 0. The zero-order chi connectivity index (χ0) is 12.3. The van der Waals surface area contributed by atoms with Gasteiger partial charge in [0.25, 0.3) is 0 Å². The van der Waals surface area contributed by atoms with Crippen molar-refractivity contribution in [2.45, 2.75) is 54.4 Å². The van der Waals surface area contributed by atoms with Gasteiger partial charge in [-0.1, -0.05) is 76.3 Å². The molecule has 2 aliphatic rings. The van der Waals surface area contributed by atoms with E-state index in [0.29, 0.717) is 16.2 Å². The molecule has 2 bridgehead atoms. The fourth-order valence-electron chi connectivity index (χ4n) is 2.75. The summed E-state index contributed by atoms with van der Waals surface area (Å²) in [6, 6.07) is 0. The minimum atomic E-state index is 0. The Hall–Kier alpha value is 1.20. The van der Waals surface area contributed by atoms with Crippen LogP contribution in [-0.2, 0) is 0 Å². The largest absolute Gasteiger partial charge is 0.107 e. The molecule has 0 aliphatic heterocycles. The summed E-state index contributed by atoms with van der Waals surface area (Å²) in [7, 11) is 0. The molecule has 2 heteroatoms. The molecule has 2 aliphatic carbocycles. The normalized spacial score (nSPS) is 36.5. The third-order valence-electron chi connectivity index (χ3n) is 4.84. The van der Waals surface area contributed by atoms with E-state index in [-0.39, 0.29) is 24.0 Å². The Bertz CT molecular complexity index is 211. The quantitative estimate of drug-likeness (QED) is 0.238. The maximum atomic E-state index is 2.44. The number of alkyl halides is 1. The monoisotopic (exact) mass is 450 g/mol. The maximum Gasteiger partial charge on any atom is -0.00867 e. The summed E-state index contributed by atoms with van der Waals surface area (Å²) in [6.45, 7) is 13.6. The van der Waals surface area contributed by atoms with Crippen LogP contribution in [0, 0.1) is 16.2 Å². The van der Waals surface area contributed by atoms with Crippen LogP contribution in [-0.4, -0.2) is 4.93 Å². The molecule has 0 aromatic rings. The fraction of sp³-hybridized carbons (Fsp3) is 0.857. The van der Waals surface area contributed by atoms with Crippen LogP contribution in [0.5, 0.6) is 0 Å². The van der Waals surface area contributed by atoms with Gasteiger partial charge in [-0.15, -0.1) is 24.0 Å². The minimum Gasteiger partial charge on any atom is -0.107 e. The molecule has 0 aromatic heterocycles. The van der Waals surface area contributed by atoms with E-state index in [1.807, 2.05) is 18.8 Å². The van der Waals surface area contributed by atoms with Crippen molar-refractivity contribution in [1.29, 1.82) is 0 Å². The summed E-state index contributed by atoms with van der Waals surface area (Å²) in [6.07, 6.45) is 7.65. The van der Waals surface area contributed by atoms with Crippen molar-refractivity contribution in [1.82, 2.24) is 0 Å². The topological polar surface area (TPSA) is 0 Å². The van der Waals surface area contributed by atoms with Gasteiger partial charge in [-0.2, -0.15) is 0 Å².